The number of rotatable bonds is 7. The smallest absolute Gasteiger partial charge is 1.00 e. The summed E-state index contributed by atoms with van der Waals surface area (Å²) in [5.74, 6) is 0.898. The Bertz CT molecular complexity index is 734. The zero-order chi connectivity index (χ0) is 17.9. The van der Waals surface area contributed by atoms with Gasteiger partial charge in [-0.05, 0) is 0 Å². The molecule has 0 saturated heterocycles. The van der Waals surface area contributed by atoms with E-state index in [1.165, 1.54) is 44.4 Å². The van der Waals surface area contributed by atoms with Crippen molar-refractivity contribution in [1.29, 1.82) is 0 Å². The summed E-state index contributed by atoms with van der Waals surface area (Å²) in [5, 5.41) is 1.91. The summed E-state index contributed by atoms with van der Waals surface area (Å²) in [7, 11) is 0.0892. The Morgan fingerprint density at radius 3 is 2.54 bits per heavy atom. The predicted molar refractivity (Wildman–Crippen MR) is 113 cm³/mol. The number of hydrogen-bond acceptors (Lipinski definition) is 0. The Morgan fingerprint density at radius 1 is 1.04 bits per heavy atom. The molecular weight excluding hydrogens is 569 g/mol. The van der Waals surface area contributed by atoms with Crippen molar-refractivity contribution >= 4 is 14.0 Å². The molecular formula is C24H31Cl2HfP. The molecule has 3 aliphatic carbocycles. The summed E-state index contributed by atoms with van der Waals surface area (Å²) >= 11 is -0.805. The second-order valence-electron chi connectivity index (χ2n) is 7.94. The number of hydrogen-bond donors (Lipinski definition) is 0. The molecule has 4 heteroatoms. The van der Waals surface area contributed by atoms with E-state index in [0.29, 0.717) is 0 Å². The van der Waals surface area contributed by atoms with Gasteiger partial charge in [-0.1, -0.05) is 0 Å². The zero-order valence-corrected chi connectivity index (χ0v) is 23.0. The molecule has 150 valence electrons. The van der Waals surface area contributed by atoms with Gasteiger partial charge < -0.3 is 24.8 Å². The van der Waals surface area contributed by atoms with Crippen LogP contribution in [0.25, 0.3) is 6.08 Å². The zero-order valence-electron chi connectivity index (χ0n) is 17.0. The molecule has 0 amide bonds. The van der Waals surface area contributed by atoms with Gasteiger partial charge in [-0.15, -0.1) is 0 Å². The third-order valence-electron chi connectivity index (χ3n) is 6.15. The Kier molecular flexibility index (Phi) is 10.2. The van der Waals surface area contributed by atoms with E-state index in [1.54, 1.807) is 11.1 Å². The van der Waals surface area contributed by atoms with Crippen LogP contribution >= 0.6 is 7.92 Å². The largest absolute Gasteiger partial charge is 1.00 e. The van der Waals surface area contributed by atoms with Gasteiger partial charge >= 0.3 is 173 Å². The SMILES string of the molecule is CCCP(CCC)C1=Cc2ccccc2[CH]1[Hf+2][CH]1CCC2CC=CC=C21.[Cl-].[Cl-]. The summed E-state index contributed by atoms with van der Waals surface area (Å²) in [6.45, 7) is 4.76. The molecule has 4 rings (SSSR count). The monoisotopic (exact) mass is 600 g/mol. The van der Waals surface area contributed by atoms with Gasteiger partial charge in [0.2, 0.25) is 0 Å². The van der Waals surface area contributed by atoms with Gasteiger partial charge in [0.1, 0.15) is 0 Å². The van der Waals surface area contributed by atoms with Crippen LogP contribution in [0.1, 0.15) is 60.8 Å². The normalized spacial score (nSPS) is 24.5. The van der Waals surface area contributed by atoms with Crippen LogP contribution in [0.5, 0.6) is 0 Å². The summed E-state index contributed by atoms with van der Waals surface area (Å²) in [6.07, 6.45) is 19.7. The summed E-state index contributed by atoms with van der Waals surface area (Å²) in [4.78, 5) is 0. The predicted octanol–water partition coefficient (Wildman–Crippen LogP) is 1.56. The first-order valence-corrected chi connectivity index (χ1v) is 16.4. The van der Waals surface area contributed by atoms with Crippen LogP contribution in [0.2, 0.25) is 3.67 Å². The van der Waals surface area contributed by atoms with E-state index < -0.39 is 22.9 Å². The van der Waals surface area contributed by atoms with E-state index in [1.807, 2.05) is 10.9 Å². The first-order chi connectivity index (χ1) is 12.8. The molecule has 0 aliphatic heterocycles. The van der Waals surface area contributed by atoms with Crippen molar-refractivity contribution in [3.8, 4) is 0 Å². The van der Waals surface area contributed by atoms with Crippen LogP contribution in [0.15, 0.2) is 53.4 Å². The van der Waals surface area contributed by atoms with E-state index in [-0.39, 0.29) is 32.7 Å². The molecule has 0 N–H and O–H groups in total. The molecule has 0 radical (unpaired) electrons. The van der Waals surface area contributed by atoms with Gasteiger partial charge in [0.15, 0.2) is 0 Å². The molecule has 0 bridgehead atoms. The van der Waals surface area contributed by atoms with Crippen molar-refractivity contribution in [1.82, 2.24) is 0 Å². The molecule has 3 unspecified atom stereocenters. The first-order valence-electron chi connectivity index (χ1n) is 10.5. The molecule has 1 aromatic rings. The van der Waals surface area contributed by atoms with E-state index in [0.717, 1.165) is 13.3 Å². The maximum absolute atomic E-state index is 2.64. The first kappa shape index (κ1) is 24.6. The molecule has 0 heterocycles. The number of halogens is 2. The van der Waals surface area contributed by atoms with Gasteiger partial charge in [-0.3, -0.25) is 0 Å². The maximum Gasteiger partial charge on any atom is -1.00 e. The van der Waals surface area contributed by atoms with Crippen molar-refractivity contribution in [3.63, 3.8) is 0 Å². The summed E-state index contributed by atoms with van der Waals surface area (Å²) in [5.41, 5.74) is 5.13. The molecule has 1 fully saturated rings. The molecule has 0 aromatic heterocycles. The van der Waals surface area contributed by atoms with Gasteiger partial charge in [-0.2, -0.15) is 0 Å². The molecule has 0 nitrogen and oxygen atoms in total. The van der Waals surface area contributed by atoms with Crippen molar-refractivity contribution in [2.24, 2.45) is 5.92 Å². The average Bonchev–Trinajstić information content (AvgIpc) is 3.24. The fraction of sp³-hybridized carbons (Fsp3) is 0.500. The minimum Gasteiger partial charge on any atom is -1.00 e. The van der Waals surface area contributed by atoms with Crippen molar-refractivity contribution < 1.29 is 47.7 Å². The minimum absolute atomic E-state index is 0. The fourth-order valence-electron chi connectivity index (χ4n) is 4.96. The summed E-state index contributed by atoms with van der Waals surface area (Å²) in [6, 6.07) is 9.37. The van der Waals surface area contributed by atoms with E-state index >= 15 is 0 Å². The van der Waals surface area contributed by atoms with Crippen LogP contribution < -0.4 is 24.8 Å². The topological polar surface area (TPSA) is 0 Å². The Hall–Kier alpha value is 0.320. The van der Waals surface area contributed by atoms with Crippen molar-refractivity contribution in [3.05, 3.63) is 64.5 Å². The molecule has 1 aromatic carbocycles. The van der Waals surface area contributed by atoms with E-state index in [9.17, 15) is 0 Å². The van der Waals surface area contributed by atoms with Crippen molar-refractivity contribution in [2.75, 3.05) is 12.3 Å². The van der Waals surface area contributed by atoms with Crippen LogP contribution in [-0.2, 0) is 22.9 Å². The van der Waals surface area contributed by atoms with Gasteiger partial charge in [0.25, 0.3) is 0 Å². The Balaban J connectivity index is 0.00000140. The Morgan fingerprint density at radius 2 is 1.79 bits per heavy atom. The summed E-state index contributed by atoms with van der Waals surface area (Å²) < 4.78 is 1.88. The molecule has 0 spiro atoms. The molecule has 28 heavy (non-hydrogen) atoms. The van der Waals surface area contributed by atoms with Crippen LogP contribution in [-0.4, -0.2) is 12.3 Å². The third-order valence-corrected chi connectivity index (χ3v) is 17.2. The second kappa shape index (κ2) is 11.6. The van der Waals surface area contributed by atoms with Crippen molar-refractivity contribution in [2.45, 2.75) is 53.3 Å². The Labute approximate surface area is 196 Å². The second-order valence-corrected chi connectivity index (χ2v) is 16.2. The quantitative estimate of drug-likeness (QED) is 0.330. The van der Waals surface area contributed by atoms with Crippen LogP contribution in [0.3, 0.4) is 0 Å². The molecule has 3 aliphatic rings. The van der Waals surface area contributed by atoms with Crippen LogP contribution in [0.4, 0.5) is 0 Å². The fourth-order valence-corrected chi connectivity index (χ4v) is 17.2. The van der Waals surface area contributed by atoms with Gasteiger partial charge in [-0.25, -0.2) is 0 Å². The number of allylic oxidation sites excluding steroid dienone is 5. The average molecular weight is 600 g/mol. The standard InChI is InChI=1S/C15H20P.C9H11.2ClH.Hf/c1-3-9-16(10-4-2)15-11-13-7-5-6-8-14(13)12-15;1-2-5-9-7-3-6-8(9)4-1;;;/h5-8,11-12H,3-4,9-10H2,1-2H3;1-2,4,6,9H,3,5,7H2;2*1H;/q;;;;+2/p-2. The van der Waals surface area contributed by atoms with Crippen LogP contribution in [0, 0.1) is 5.92 Å². The number of fused-ring (bicyclic) bond motifs is 2. The third kappa shape index (κ3) is 5.14. The molecule has 3 atom stereocenters. The van der Waals surface area contributed by atoms with E-state index in [4.69, 9.17) is 0 Å². The number of benzene rings is 1. The maximum atomic E-state index is 2.64. The molecule has 1 saturated carbocycles. The van der Waals surface area contributed by atoms with Gasteiger partial charge in [0.05, 0.1) is 0 Å². The van der Waals surface area contributed by atoms with Gasteiger partial charge in [0, 0.05) is 0 Å². The van der Waals surface area contributed by atoms with E-state index in [2.05, 4.69) is 62.4 Å². The minimum atomic E-state index is -0.805.